The van der Waals surface area contributed by atoms with Crippen molar-refractivity contribution in [2.45, 2.75) is 19.9 Å². The second-order valence-corrected chi connectivity index (χ2v) is 7.09. The zero-order valence-corrected chi connectivity index (χ0v) is 16.3. The molecule has 3 aromatic rings. The molecule has 2 amide bonds. The number of rotatable bonds is 5. The molecule has 1 atom stereocenters. The number of carbonyl (C=O) groups excluding carboxylic acids is 2. The predicted octanol–water partition coefficient (Wildman–Crippen LogP) is 4.31. The molecule has 0 aliphatic carbocycles. The van der Waals surface area contributed by atoms with Crippen LogP contribution in [0.2, 0.25) is 5.15 Å². The summed E-state index contributed by atoms with van der Waals surface area (Å²) in [4.78, 5) is 31.8. The lowest BCUT2D eigenvalue weighted by atomic mass is 10.1. The summed E-state index contributed by atoms with van der Waals surface area (Å²) in [6, 6.07) is 11.0. The fraction of sp³-hybridized carbons (Fsp3) is 0.158. The monoisotopic (exact) mass is 400 g/mol. The normalized spacial score (nSPS) is 11.7. The Morgan fingerprint density at radius 2 is 1.93 bits per heavy atom. The second kappa shape index (κ2) is 8.28. The first-order valence-corrected chi connectivity index (χ1v) is 9.44. The van der Waals surface area contributed by atoms with E-state index in [0.717, 1.165) is 16.8 Å². The SMILES string of the molecule is CC(=O)NC(C)c1ccc(-c2csc(NC(=O)c3cccnc3Cl)n2)cc1. The zero-order valence-electron chi connectivity index (χ0n) is 14.7. The molecule has 2 aromatic heterocycles. The number of carbonyl (C=O) groups is 2. The Labute approximate surface area is 165 Å². The molecule has 0 saturated carbocycles. The van der Waals surface area contributed by atoms with Crippen LogP contribution in [0.25, 0.3) is 11.3 Å². The maximum absolute atomic E-state index is 12.3. The van der Waals surface area contributed by atoms with Gasteiger partial charge in [-0.15, -0.1) is 11.3 Å². The summed E-state index contributed by atoms with van der Waals surface area (Å²) < 4.78 is 0. The topological polar surface area (TPSA) is 84.0 Å². The van der Waals surface area contributed by atoms with Crippen molar-refractivity contribution >= 4 is 39.9 Å². The van der Waals surface area contributed by atoms with Gasteiger partial charge in [0.15, 0.2) is 5.13 Å². The lowest BCUT2D eigenvalue weighted by molar-refractivity contribution is -0.119. The van der Waals surface area contributed by atoms with Gasteiger partial charge in [0.2, 0.25) is 5.91 Å². The number of aromatic nitrogens is 2. The van der Waals surface area contributed by atoms with E-state index in [0.29, 0.717) is 10.7 Å². The van der Waals surface area contributed by atoms with E-state index in [1.165, 1.54) is 24.5 Å². The maximum Gasteiger partial charge on any atom is 0.260 e. The molecule has 0 radical (unpaired) electrons. The number of hydrogen-bond acceptors (Lipinski definition) is 5. The van der Waals surface area contributed by atoms with Crippen molar-refractivity contribution in [3.63, 3.8) is 0 Å². The lowest BCUT2D eigenvalue weighted by Crippen LogP contribution is -2.23. The van der Waals surface area contributed by atoms with Gasteiger partial charge in [0.05, 0.1) is 17.3 Å². The molecule has 2 heterocycles. The fourth-order valence-corrected chi connectivity index (χ4v) is 3.43. The average molecular weight is 401 g/mol. The van der Waals surface area contributed by atoms with Crippen molar-refractivity contribution < 1.29 is 9.59 Å². The van der Waals surface area contributed by atoms with Crippen molar-refractivity contribution in [3.8, 4) is 11.3 Å². The molecule has 0 bridgehead atoms. The van der Waals surface area contributed by atoms with Crippen molar-refractivity contribution in [2.24, 2.45) is 0 Å². The molecule has 27 heavy (non-hydrogen) atoms. The van der Waals surface area contributed by atoms with Crippen LogP contribution in [0, 0.1) is 0 Å². The number of nitrogens with zero attached hydrogens (tertiary/aromatic N) is 2. The first-order chi connectivity index (χ1) is 12.9. The zero-order chi connectivity index (χ0) is 19.4. The van der Waals surface area contributed by atoms with E-state index in [1.807, 2.05) is 36.6 Å². The molecule has 8 heteroatoms. The number of amides is 2. The van der Waals surface area contributed by atoms with E-state index in [9.17, 15) is 9.59 Å². The Bertz CT molecular complexity index is 972. The average Bonchev–Trinajstić information content (AvgIpc) is 3.10. The van der Waals surface area contributed by atoms with Crippen molar-refractivity contribution in [3.05, 3.63) is 64.3 Å². The molecular weight excluding hydrogens is 384 g/mol. The van der Waals surface area contributed by atoms with Crippen molar-refractivity contribution in [1.82, 2.24) is 15.3 Å². The molecule has 6 nitrogen and oxygen atoms in total. The van der Waals surface area contributed by atoms with E-state index in [2.05, 4.69) is 20.6 Å². The number of halogens is 1. The van der Waals surface area contributed by atoms with Crippen LogP contribution in [0.15, 0.2) is 48.0 Å². The Hall–Kier alpha value is -2.77. The van der Waals surface area contributed by atoms with Gasteiger partial charge in [-0.3, -0.25) is 14.9 Å². The largest absolute Gasteiger partial charge is 0.350 e. The molecule has 0 aliphatic rings. The third-order valence-electron chi connectivity index (χ3n) is 3.85. The molecule has 2 N–H and O–H groups in total. The van der Waals surface area contributed by atoms with E-state index in [4.69, 9.17) is 11.6 Å². The number of pyridine rings is 1. The highest BCUT2D eigenvalue weighted by Gasteiger charge is 2.14. The summed E-state index contributed by atoms with van der Waals surface area (Å²) in [5.74, 6) is -0.423. The van der Waals surface area contributed by atoms with Crippen LogP contribution in [0.5, 0.6) is 0 Å². The van der Waals surface area contributed by atoms with Crippen LogP contribution in [0.3, 0.4) is 0 Å². The minimum absolute atomic E-state index is 0.0638. The fourth-order valence-electron chi connectivity index (χ4n) is 2.51. The number of nitrogens with one attached hydrogen (secondary N) is 2. The van der Waals surface area contributed by atoms with Crippen LogP contribution in [-0.4, -0.2) is 21.8 Å². The van der Waals surface area contributed by atoms with E-state index in [1.54, 1.807) is 12.1 Å². The van der Waals surface area contributed by atoms with Gasteiger partial charge in [-0.1, -0.05) is 35.9 Å². The van der Waals surface area contributed by atoms with Crippen LogP contribution in [0.4, 0.5) is 5.13 Å². The number of hydrogen-bond donors (Lipinski definition) is 2. The molecule has 0 saturated heterocycles. The van der Waals surface area contributed by atoms with Gasteiger partial charge in [-0.25, -0.2) is 9.97 Å². The van der Waals surface area contributed by atoms with Gasteiger partial charge in [-0.2, -0.15) is 0 Å². The summed E-state index contributed by atoms with van der Waals surface area (Å²) >= 11 is 7.27. The van der Waals surface area contributed by atoms with Gasteiger partial charge < -0.3 is 5.32 Å². The van der Waals surface area contributed by atoms with E-state index >= 15 is 0 Å². The van der Waals surface area contributed by atoms with Gasteiger partial charge in [0, 0.05) is 24.1 Å². The van der Waals surface area contributed by atoms with Crippen molar-refractivity contribution in [2.75, 3.05) is 5.32 Å². The summed E-state index contributed by atoms with van der Waals surface area (Å²) in [5.41, 5.74) is 2.98. The quantitative estimate of drug-likeness (QED) is 0.625. The van der Waals surface area contributed by atoms with Crippen LogP contribution in [-0.2, 0) is 4.79 Å². The Morgan fingerprint density at radius 3 is 2.59 bits per heavy atom. The Balaban J connectivity index is 1.71. The van der Waals surface area contributed by atoms with Crippen LogP contribution >= 0.6 is 22.9 Å². The van der Waals surface area contributed by atoms with Gasteiger partial charge in [-0.05, 0) is 24.6 Å². The first-order valence-electron chi connectivity index (χ1n) is 8.19. The highest BCUT2D eigenvalue weighted by atomic mass is 35.5. The summed E-state index contributed by atoms with van der Waals surface area (Å²) in [6.45, 7) is 3.42. The number of benzene rings is 1. The van der Waals surface area contributed by atoms with E-state index < -0.39 is 0 Å². The number of anilines is 1. The van der Waals surface area contributed by atoms with E-state index in [-0.39, 0.29) is 23.0 Å². The molecule has 3 rings (SSSR count). The molecule has 0 spiro atoms. The molecule has 1 unspecified atom stereocenters. The molecule has 0 aliphatic heterocycles. The standard InChI is InChI=1S/C19H17ClN4O2S/c1-11(22-12(2)25)13-5-7-14(8-6-13)16-10-27-19(23-16)24-18(26)15-4-3-9-21-17(15)20/h3-11H,1-2H3,(H,22,25)(H,23,24,26). The smallest absolute Gasteiger partial charge is 0.260 e. The van der Waals surface area contributed by atoms with Crippen LogP contribution in [0.1, 0.15) is 35.8 Å². The van der Waals surface area contributed by atoms with Crippen molar-refractivity contribution in [1.29, 1.82) is 0 Å². The van der Waals surface area contributed by atoms with Gasteiger partial charge in [0.25, 0.3) is 5.91 Å². The minimum Gasteiger partial charge on any atom is -0.350 e. The highest BCUT2D eigenvalue weighted by molar-refractivity contribution is 7.14. The third-order valence-corrected chi connectivity index (χ3v) is 4.91. The third kappa shape index (κ3) is 4.69. The highest BCUT2D eigenvalue weighted by Crippen LogP contribution is 2.27. The minimum atomic E-state index is -0.353. The first kappa shape index (κ1) is 19.0. The van der Waals surface area contributed by atoms with Gasteiger partial charge in [0.1, 0.15) is 5.15 Å². The molecule has 0 fully saturated rings. The molecule has 1 aromatic carbocycles. The maximum atomic E-state index is 12.3. The van der Waals surface area contributed by atoms with Crippen LogP contribution < -0.4 is 10.6 Å². The Kier molecular flexibility index (Phi) is 5.83. The second-order valence-electron chi connectivity index (χ2n) is 5.88. The summed E-state index contributed by atoms with van der Waals surface area (Å²) in [7, 11) is 0. The summed E-state index contributed by atoms with van der Waals surface area (Å²) in [6.07, 6.45) is 1.52. The summed E-state index contributed by atoms with van der Waals surface area (Å²) in [5, 5.41) is 8.08. The number of thiazole rings is 1. The lowest BCUT2D eigenvalue weighted by Gasteiger charge is -2.13. The Morgan fingerprint density at radius 1 is 1.19 bits per heavy atom. The predicted molar refractivity (Wildman–Crippen MR) is 107 cm³/mol. The molecular formula is C19H17ClN4O2S. The van der Waals surface area contributed by atoms with Gasteiger partial charge >= 0.3 is 0 Å². The molecule has 138 valence electrons.